The van der Waals surface area contributed by atoms with Crippen LogP contribution in [0.5, 0.6) is 0 Å². The van der Waals surface area contributed by atoms with E-state index in [1.54, 1.807) is 0 Å². The smallest absolute Gasteiger partial charge is 0.311 e. The summed E-state index contributed by atoms with van der Waals surface area (Å²) in [5.41, 5.74) is 1.93. The first-order valence-electron chi connectivity index (χ1n) is 5.41. The maximum atomic E-state index is 11.3. The van der Waals surface area contributed by atoms with Crippen LogP contribution in [0.3, 0.4) is 0 Å². The van der Waals surface area contributed by atoms with Crippen molar-refractivity contribution in [3.05, 3.63) is 17.5 Å². The number of aromatic nitrogens is 2. The Morgan fingerprint density at radius 1 is 1.67 bits per heavy atom. The van der Waals surface area contributed by atoms with E-state index in [9.17, 15) is 4.79 Å². The zero-order valence-electron chi connectivity index (χ0n) is 9.19. The van der Waals surface area contributed by atoms with E-state index >= 15 is 0 Å². The van der Waals surface area contributed by atoms with Crippen LogP contribution in [-0.4, -0.2) is 22.4 Å². The minimum absolute atomic E-state index is 0.193. The molecule has 1 aromatic heterocycles. The fraction of sp³-hybridized carbons (Fsp3) is 0.636. The van der Waals surface area contributed by atoms with Gasteiger partial charge >= 0.3 is 5.97 Å². The molecule has 0 bridgehead atoms. The van der Waals surface area contributed by atoms with Crippen LogP contribution < -0.4 is 0 Å². The Bertz CT molecular complexity index is 367. The molecule has 1 saturated carbocycles. The van der Waals surface area contributed by atoms with Gasteiger partial charge in [-0.25, -0.2) is 0 Å². The molecule has 2 rings (SSSR count). The van der Waals surface area contributed by atoms with Gasteiger partial charge in [0.2, 0.25) is 0 Å². The van der Waals surface area contributed by atoms with Gasteiger partial charge in [-0.2, -0.15) is 5.10 Å². The average Bonchev–Trinajstić information content (AvgIpc) is 2.94. The fourth-order valence-electron chi connectivity index (χ4n) is 1.57. The lowest BCUT2D eigenvalue weighted by Crippen LogP contribution is -2.09. The normalized spacial score (nSPS) is 15.3. The lowest BCUT2D eigenvalue weighted by atomic mass is 10.2. The Kier molecular flexibility index (Phi) is 2.75. The van der Waals surface area contributed by atoms with Crippen LogP contribution in [0.4, 0.5) is 0 Å². The summed E-state index contributed by atoms with van der Waals surface area (Å²) in [4.78, 5) is 11.3. The summed E-state index contributed by atoms with van der Waals surface area (Å²) < 4.78 is 6.87. The number of rotatable bonds is 4. The molecule has 0 spiro atoms. The Morgan fingerprint density at radius 2 is 2.40 bits per heavy atom. The summed E-state index contributed by atoms with van der Waals surface area (Å²) >= 11 is 0. The second kappa shape index (κ2) is 4.04. The van der Waals surface area contributed by atoms with E-state index < -0.39 is 0 Å². The molecule has 1 aliphatic rings. The largest absolute Gasteiger partial charge is 0.466 e. The van der Waals surface area contributed by atoms with Crippen molar-refractivity contribution in [1.29, 1.82) is 0 Å². The Labute approximate surface area is 89.2 Å². The van der Waals surface area contributed by atoms with Crippen LogP contribution in [0.15, 0.2) is 6.20 Å². The monoisotopic (exact) mass is 208 g/mol. The lowest BCUT2D eigenvalue weighted by Gasteiger charge is -1.99. The van der Waals surface area contributed by atoms with Gasteiger partial charge in [0.25, 0.3) is 0 Å². The van der Waals surface area contributed by atoms with Gasteiger partial charge in [-0.1, -0.05) is 0 Å². The molecule has 0 unspecified atom stereocenters. The third-order valence-electron chi connectivity index (χ3n) is 2.56. The van der Waals surface area contributed by atoms with E-state index in [4.69, 9.17) is 4.74 Å². The first-order chi connectivity index (χ1) is 7.20. The Morgan fingerprint density at radius 3 is 3.00 bits per heavy atom. The van der Waals surface area contributed by atoms with Crippen molar-refractivity contribution < 1.29 is 9.53 Å². The highest BCUT2D eigenvalue weighted by atomic mass is 16.5. The predicted octanol–water partition coefficient (Wildman–Crippen LogP) is 1.63. The van der Waals surface area contributed by atoms with Crippen molar-refractivity contribution in [3.63, 3.8) is 0 Å². The minimum Gasteiger partial charge on any atom is -0.466 e. The first-order valence-corrected chi connectivity index (χ1v) is 5.41. The summed E-state index contributed by atoms with van der Waals surface area (Å²) in [6, 6.07) is 0.569. The average molecular weight is 208 g/mol. The number of esters is 1. The van der Waals surface area contributed by atoms with Crippen molar-refractivity contribution in [3.8, 4) is 0 Å². The summed E-state index contributed by atoms with van der Waals surface area (Å²) in [6.45, 7) is 4.23. The lowest BCUT2D eigenvalue weighted by molar-refractivity contribution is -0.142. The Balaban J connectivity index is 2.03. The van der Waals surface area contributed by atoms with Gasteiger partial charge < -0.3 is 4.74 Å². The molecular formula is C11H16N2O2. The minimum atomic E-state index is -0.193. The molecule has 0 atom stereocenters. The maximum Gasteiger partial charge on any atom is 0.311 e. The molecule has 0 aliphatic heterocycles. The van der Waals surface area contributed by atoms with Gasteiger partial charge in [0.15, 0.2) is 0 Å². The van der Waals surface area contributed by atoms with Crippen molar-refractivity contribution >= 4 is 5.97 Å². The molecule has 4 heteroatoms. The predicted molar refractivity (Wildman–Crippen MR) is 55.6 cm³/mol. The standard InChI is InChI=1S/C11H16N2O2/c1-3-15-11(14)6-10-8(2)7-13(12-10)9-4-5-9/h7,9H,3-6H2,1-2H3. The van der Waals surface area contributed by atoms with Crippen molar-refractivity contribution in [2.24, 2.45) is 0 Å². The molecule has 0 aromatic carbocycles. The van der Waals surface area contributed by atoms with E-state index in [-0.39, 0.29) is 5.97 Å². The summed E-state index contributed by atoms with van der Waals surface area (Å²) in [7, 11) is 0. The number of hydrogen-bond donors (Lipinski definition) is 0. The van der Waals surface area contributed by atoms with E-state index in [2.05, 4.69) is 5.10 Å². The molecule has 0 radical (unpaired) electrons. The van der Waals surface area contributed by atoms with E-state index in [0.717, 1.165) is 11.3 Å². The van der Waals surface area contributed by atoms with Gasteiger partial charge in [-0.15, -0.1) is 0 Å². The highest BCUT2D eigenvalue weighted by Gasteiger charge is 2.25. The van der Waals surface area contributed by atoms with Gasteiger partial charge in [-0.3, -0.25) is 9.48 Å². The number of nitrogens with zero attached hydrogens (tertiary/aromatic N) is 2. The summed E-state index contributed by atoms with van der Waals surface area (Å²) in [6.07, 6.45) is 4.73. The molecule has 82 valence electrons. The van der Waals surface area contributed by atoms with Gasteiger partial charge in [0.05, 0.1) is 24.8 Å². The molecule has 1 heterocycles. The molecule has 1 aliphatic carbocycles. The molecule has 1 aromatic rings. The van der Waals surface area contributed by atoms with E-state index in [1.807, 2.05) is 24.7 Å². The van der Waals surface area contributed by atoms with Crippen LogP contribution in [-0.2, 0) is 16.0 Å². The fourth-order valence-corrected chi connectivity index (χ4v) is 1.57. The number of hydrogen-bond acceptors (Lipinski definition) is 3. The molecule has 0 saturated heterocycles. The number of carbonyl (C=O) groups excluding carboxylic acids is 1. The van der Waals surface area contributed by atoms with E-state index in [1.165, 1.54) is 12.8 Å². The van der Waals surface area contributed by atoms with Crippen LogP contribution in [0.2, 0.25) is 0 Å². The number of ether oxygens (including phenoxy) is 1. The van der Waals surface area contributed by atoms with Crippen molar-refractivity contribution in [2.45, 2.75) is 39.2 Å². The molecule has 4 nitrogen and oxygen atoms in total. The highest BCUT2D eigenvalue weighted by Crippen LogP contribution is 2.34. The molecule has 0 amide bonds. The van der Waals surface area contributed by atoms with Gasteiger partial charge in [-0.05, 0) is 32.3 Å². The highest BCUT2D eigenvalue weighted by molar-refractivity contribution is 5.72. The third kappa shape index (κ3) is 2.37. The van der Waals surface area contributed by atoms with Crippen LogP contribution >= 0.6 is 0 Å². The summed E-state index contributed by atoms with van der Waals surface area (Å²) in [5, 5.41) is 4.41. The van der Waals surface area contributed by atoms with Crippen molar-refractivity contribution in [1.82, 2.24) is 9.78 Å². The van der Waals surface area contributed by atoms with Crippen molar-refractivity contribution in [2.75, 3.05) is 6.61 Å². The topological polar surface area (TPSA) is 44.1 Å². The van der Waals surface area contributed by atoms with Gasteiger partial charge in [0, 0.05) is 6.20 Å². The van der Waals surface area contributed by atoms with Crippen LogP contribution in [0.1, 0.15) is 37.1 Å². The molecule has 0 N–H and O–H groups in total. The first kappa shape index (κ1) is 10.2. The zero-order chi connectivity index (χ0) is 10.8. The Hall–Kier alpha value is -1.32. The number of carbonyl (C=O) groups is 1. The quantitative estimate of drug-likeness (QED) is 0.706. The van der Waals surface area contributed by atoms with Gasteiger partial charge in [0.1, 0.15) is 0 Å². The third-order valence-corrected chi connectivity index (χ3v) is 2.56. The molecular weight excluding hydrogens is 192 g/mol. The number of aryl methyl sites for hydroxylation is 1. The van der Waals surface area contributed by atoms with Crippen LogP contribution in [0.25, 0.3) is 0 Å². The molecule has 15 heavy (non-hydrogen) atoms. The van der Waals surface area contributed by atoms with E-state index in [0.29, 0.717) is 19.1 Å². The second-order valence-electron chi connectivity index (χ2n) is 3.95. The molecule has 1 fully saturated rings. The SMILES string of the molecule is CCOC(=O)Cc1nn(C2CC2)cc1C. The second-order valence-corrected chi connectivity index (χ2v) is 3.95. The zero-order valence-corrected chi connectivity index (χ0v) is 9.19. The van der Waals surface area contributed by atoms with Crippen LogP contribution in [0, 0.1) is 6.92 Å². The summed E-state index contributed by atoms with van der Waals surface area (Å²) in [5.74, 6) is -0.193. The maximum absolute atomic E-state index is 11.3.